The third-order valence-corrected chi connectivity index (χ3v) is 10.7. The summed E-state index contributed by atoms with van der Waals surface area (Å²) in [5.74, 6) is 2.37. The van der Waals surface area contributed by atoms with Crippen LogP contribution >= 0.6 is 0 Å². The fraction of sp³-hybridized carbons (Fsp3) is 0.758. The van der Waals surface area contributed by atoms with Crippen LogP contribution in [0.4, 0.5) is 5.69 Å². The Morgan fingerprint density at radius 2 is 1.66 bits per heavy atom. The quantitative estimate of drug-likeness (QED) is 0.467. The summed E-state index contributed by atoms with van der Waals surface area (Å²) in [4.78, 5) is 24.2. The van der Waals surface area contributed by atoms with Crippen molar-refractivity contribution in [1.82, 2.24) is 10.2 Å². The number of carbonyl (C=O) groups is 1. The van der Waals surface area contributed by atoms with Gasteiger partial charge in [0, 0.05) is 30.2 Å². The Morgan fingerprint density at radius 1 is 0.974 bits per heavy atom. The first-order valence-corrected chi connectivity index (χ1v) is 16.0. The topological polar surface area (TPSA) is 47.9 Å². The maximum absolute atomic E-state index is 13.9. The van der Waals surface area contributed by atoms with Crippen LogP contribution in [0.3, 0.4) is 0 Å². The molecule has 208 valence electrons. The first-order chi connectivity index (χ1) is 18.5. The van der Waals surface area contributed by atoms with E-state index in [2.05, 4.69) is 54.1 Å². The molecular formula is C33H50N4O. The zero-order valence-corrected chi connectivity index (χ0v) is 24.2. The first kappa shape index (κ1) is 26.3. The van der Waals surface area contributed by atoms with E-state index in [4.69, 9.17) is 4.99 Å². The molecule has 1 aromatic rings. The molecule has 3 atom stereocenters. The van der Waals surface area contributed by atoms with Crippen molar-refractivity contribution in [2.24, 2.45) is 16.8 Å². The summed E-state index contributed by atoms with van der Waals surface area (Å²) < 4.78 is 0. The van der Waals surface area contributed by atoms with Crippen LogP contribution < -0.4 is 10.2 Å². The predicted octanol–water partition coefficient (Wildman–Crippen LogP) is 6.28. The maximum atomic E-state index is 13.9. The van der Waals surface area contributed by atoms with E-state index in [1.54, 1.807) is 0 Å². The highest BCUT2D eigenvalue weighted by molar-refractivity contribution is 5.99. The molecule has 3 fully saturated rings. The summed E-state index contributed by atoms with van der Waals surface area (Å²) in [6.45, 7) is 8.75. The van der Waals surface area contributed by atoms with Crippen LogP contribution in [0.15, 0.2) is 23.2 Å². The second-order valence-corrected chi connectivity index (χ2v) is 13.4. The van der Waals surface area contributed by atoms with E-state index < -0.39 is 0 Å². The van der Waals surface area contributed by atoms with E-state index in [1.165, 1.54) is 93.3 Å². The molecule has 38 heavy (non-hydrogen) atoms. The number of hydrogen-bond acceptors (Lipinski definition) is 4. The number of amidine groups is 1. The largest absolute Gasteiger partial charge is 0.337 e. The number of amides is 1. The molecule has 1 amide bonds. The average molecular weight is 519 g/mol. The van der Waals surface area contributed by atoms with E-state index in [9.17, 15) is 4.79 Å². The Labute approximate surface area is 230 Å². The smallest absolute Gasteiger partial charge is 0.226 e. The minimum Gasteiger partial charge on any atom is -0.337 e. The van der Waals surface area contributed by atoms with Gasteiger partial charge < -0.3 is 15.1 Å². The molecule has 0 spiro atoms. The van der Waals surface area contributed by atoms with Gasteiger partial charge in [0.25, 0.3) is 0 Å². The zero-order valence-electron chi connectivity index (χ0n) is 24.2. The normalized spacial score (nSPS) is 30.6. The number of nitrogens with one attached hydrogen (secondary N) is 1. The van der Waals surface area contributed by atoms with E-state index in [-0.39, 0.29) is 17.5 Å². The molecule has 1 saturated heterocycles. The van der Waals surface area contributed by atoms with E-state index >= 15 is 0 Å². The molecule has 3 aliphatic carbocycles. The molecule has 6 rings (SSSR count). The highest BCUT2D eigenvalue weighted by atomic mass is 16.2. The summed E-state index contributed by atoms with van der Waals surface area (Å²) in [6, 6.07) is 8.26. The minimum atomic E-state index is 0.0158. The number of anilines is 1. The van der Waals surface area contributed by atoms with Gasteiger partial charge in [-0.25, -0.2) is 0 Å². The van der Waals surface area contributed by atoms with Crippen LogP contribution in [0.25, 0.3) is 0 Å². The molecule has 5 nitrogen and oxygen atoms in total. The van der Waals surface area contributed by atoms with Crippen molar-refractivity contribution in [3.05, 3.63) is 29.3 Å². The van der Waals surface area contributed by atoms with Gasteiger partial charge in [0.05, 0.1) is 11.6 Å². The Hall–Kier alpha value is -1.88. The average Bonchev–Trinajstić information content (AvgIpc) is 3.34. The van der Waals surface area contributed by atoms with Crippen molar-refractivity contribution in [3.63, 3.8) is 0 Å². The Balaban J connectivity index is 1.22. The first-order valence-electron chi connectivity index (χ1n) is 16.0. The zero-order chi connectivity index (χ0) is 26.3. The van der Waals surface area contributed by atoms with Crippen molar-refractivity contribution in [2.45, 2.75) is 134 Å². The molecular weight excluding hydrogens is 468 g/mol. The van der Waals surface area contributed by atoms with Crippen molar-refractivity contribution < 1.29 is 4.79 Å². The standard InChI is InChI=1S/C33H50N4O/c1-23(2)36(29-13-9-6-10-14-29)32(38)27-19-25-15-16-30(21-26(25)20-27)37-24(3)35-33(22-34-18-17-31(33)37)28-11-7-4-5-8-12-28/h15-16,21,23,27-29,31,34H,4-14,17-20,22H2,1-3H3. The highest BCUT2D eigenvalue weighted by Crippen LogP contribution is 2.46. The van der Waals surface area contributed by atoms with Crippen LogP contribution in [0.2, 0.25) is 0 Å². The third kappa shape index (κ3) is 4.71. The molecule has 0 radical (unpaired) electrons. The van der Waals surface area contributed by atoms with Gasteiger partial charge in [-0.2, -0.15) is 0 Å². The van der Waals surface area contributed by atoms with Gasteiger partial charge in [-0.1, -0.05) is 51.0 Å². The fourth-order valence-corrected chi connectivity index (χ4v) is 8.95. The molecule has 5 aliphatic rings. The summed E-state index contributed by atoms with van der Waals surface area (Å²) in [5.41, 5.74) is 4.09. The SMILES string of the molecule is CC1=NC2(C3CCCCCC3)CNCCC2N1c1ccc2c(c1)CC(C(=O)N(C(C)C)C1CCCCC1)C2. The Kier molecular flexibility index (Phi) is 7.59. The van der Waals surface area contributed by atoms with Crippen LogP contribution in [-0.4, -0.2) is 53.4 Å². The summed E-state index contributed by atoms with van der Waals surface area (Å²) >= 11 is 0. The van der Waals surface area contributed by atoms with Gasteiger partial charge in [-0.3, -0.25) is 9.79 Å². The molecule has 2 saturated carbocycles. The fourth-order valence-electron chi connectivity index (χ4n) is 8.95. The minimum absolute atomic E-state index is 0.0158. The monoisotopic (exact) mass is 518 g/mol. The lowest BCUT2D eigenvalue weighted by Gasteiger charge is -2.46. The van der Waals surface area contributed by atoms with E-state index in [1.807, 2.05) is 0 Å². The molecule has 2 heterocycles. The number of piperidine rings is 1. The third-order valence-electron chi connectivity index (χ3n) is 10.7. The van der Waals surface area contributed by atoms with Gasteiger partial charge in [0.15, 0.2) is 0 Å². The predicted molar refractivity (Wildman–Crippen MR) is 157 cm³/mol. The molecule has 0 aromatic heterocycles. The van der Waals surface area contributed by atoms with Gasteiger partial charge in [0.2, 0.25) is 5.91 Å². The molecule has 2 aliphatic heterocycles. The van der Waals surface area contributed by atoms with Gasteiger partial charge in [0.1, 0.15) is 5.84 Å². The van der Waals surface area contributed by atoms with Crippen molar-refractivity contribution in [1.29, 1.82) is 0 Å². The van der Waals surface area contributed by atoms with Gasteiger partial charge in [-0.15, -0.1) is 0 Å². The Bertz CT molecular complexity index is 1040. The van der Waals surface area contributed by atoms with Gasteiger partial charge in [-0.05, 0) is 101 Å². The van der Waals surface area contributed by atoms with Crippen molar-refractivity contribution in [2.75, 3.05) is 18.0 Å². The highest BCUT2D eigenvalue weighted by Gasteiger charge is 2.53. The second-order valence-electron chi connectivity index (χ2n) is 13.4. The molecule has 1 N–H and O–H groups in total. The van der Waals surface area contributed by atoms with E-state index in [0.717, 1.165) is 32.4 Å². The number of rotatable bonds is 5. The number of benzene rings is 1. The van der Waals surface area contributed by atoms with Crippen LogP contribution in [0, 0.1) is 11.8 Å². The van der Waals surface area contributed by atoms with Crippen molar-refractivity contribution >= 4 is 17.4 Å². The number of hydrogen-bond donors (Lipinski definition) is 1. The maximum Gasteiger partial charge on any atom is 0.226 e. The summed E-state index contributed by atoms with van der Waals surface area (Å²) in [7, 11) is 0. The van der Waals surface area contributed by atoms with Crippen LogP contribution in [0.1, 0.15) is 109 Å². The number of aliphatic imine (C=N–C) groups is 1. The van der Waals surface area contributed by atoms with E-state index in [0.29, 0.717) is 23.9 Å². The van der Waals surface area contributed by atoms with Crippen molar-refractivity contribution in [3.8, 4) is 0 Å². The number of fused-ring (bicyclic) bond motifs is 2. The lowest BCUT2D eigenvalue weighted by Crippen LogP contribution is -2.60. The lowest BCUT2D eigenvalue weighted by molar-refractivity contribution is -0.140. The second kappa shape index (κ2) is 10.9. The van der Waals surface area contributed by atoms with Crippen LogP contribution in [-0.2, 0) is 17.6 Å². The molecule has 0 bridgehead atoms. The Morgan fingerprint density at radius 3 is 2.39 bits per heavy atom. The number of nitrogens with zero attached hydrogens (tertiary/aromatic N) is 3. The summed E-state index contributed by atoms with van der Waals surface area (Å²) in [6.07, 6.45) is 17.3. The number of carbonyl (C=O) groups excluding carboxylic acids is 1. The lowest BCUT2D eigenvalue weighted by atomic mass is 9.72. The molecule has 5 heteroatoms. The van der Waals surface area contributed by atoms with Crippen LogP contribution in [0.5, 0.6) is 0 Å². The summed E-state index contributed by atoms with van der Waals surface area (Å²) in [5, 5.41) is 3.74. The molecule has 3 unspecified atom stereocenters. The van der Waals surface area contributed by atoms with Gasteiger partial charge >= 0.3 is 0 Å². The molecule has 1 aromatic carbocycles.